The molecule has 1 N–H and O–H groups in total. The van der Waals surface area contributed by atoms with Gasteiger partial charge >= 0.3 is 0 Å². The first-order valence-corrected chi connectivity index (χ1v) is 10.1. The van der Waals surface area contributed by atoms with Gasteiger partial charge in [-0.3, -0.25) is 0 Å². The second-order valence-corrected chi connectivity index (χ2v) is 7.51. The first kappa shape index (κ1) is 21.1. The van der Waals surface area contributed by atoms with Crippen LogP contribution in [0, 0.1) is 17.5 Å². The van der Waals surface area contributed by atoms with Gasteiger partial charge in [-0.25, -0.2) is 28.1 Å². The van der Waals surface area contributed by atoms with Crippen LogP contribution in [0.2, 0.25) is 5.15 Å². The highest BCUT2D eigenvalue weighted by Crippen LogP contribution is 2.41. The second kappa shape index (κ2) is 8.51. The minimum Gasteiger partial charge on any atom is -0.380 e. The lowest BCUT2D eigenvalue weighted by atomic mass is 9.98. The van der Waals surface area contributed by atoms with Gasteiger partial charge in [0.1, 0.15) is 28.1 Å². The molecule has 4 nitrogen and oxygen atoms in total. The number of nitrogens with zero attached hydrogens (tertiary/aromatic N) is 3. The van der Waals surface area contributed by atoms with Crippen molar-refractivity contribution < 1.29 is 13.2 Å². The van der Waals surface area contributed by atoms with Crippen molar-refractivity contribution in [2.45, 2.75) is 26.3 Å². The molecule has 158 valence electrons. The van der Waals surface area contributed by atoms with Gasteiger partial charge in [-0.15, -0.1) is 0 Å². The molecule has 0 aliphatic heterocycles. The maximum absolute atomic E-state index is 15.3. The number of anilines is 1. The topological polar surface area (TPSA) is 50.7 Å². The Morgan fingerprint density at radius 1 is 0.935 bits per heavy atom. The standard InChI is InChI=1S/C23H18ClF3N4/c1-3-12(2)30-20-19(22(24)31-23-21(20)28-8-9-29-23)18-16(26)10-14(11-17(18)27)13-4-6-15(25)7-5-13/h4-12H,3H2,1-2H3,(H,29,30,31). The van der Waals surface area contributed by atoms with E-state index in [2.05, 4.69) is 20.3 Å². The molecule has 0 saturated carbocycles. The number of hydrogen-bond acceptors (Lipinski definition) is 4. The average molecular weight is 443 g/mol. The molecule has 0 aliphatic rings. The predicted octanol–water partition coefficient (Wildman–Crippen LogP) is 6.64. The summed E-state index contributed by atoms with van der Waals surface area (Å²) in [6, 6.07) is 7.74. The van der Waals surface area contributed by atoms with E-state index in [4.69, 9.17) is 11.6 Å². The summed E-state index contributed by atoms with van der Waals surface area (Å²) in [5, 5.41) is 3.16. The third-order valence-corrected chi connectivity index (χ3v) is 5.32. The maximum Gasteiger partial charge on any atom is 0.181 e. The molecule has 4 rings (SSSR count). The van der Waals surface area contributed by atoms with Crippen molar-refractivity contribution in [1.29, 1.82) is 0 Å². The first-order valence-electron chi connectivity index (χ1n) is 9.71. The Bertz CT molecular complexity index is 1240. The predicted molar refractivity (Wildman–Crippen MR) is 116 cm³/mol. The van der Waals surface area contributed by atoms with Crippen LogP contribution in [-0.4, -0.2) is 21.0 Å². The van der Waals surface area contributed by atoms with Crippen molar-refractivity contribution >= 4 is 28.5 Å². The Hall–Kier alpha value is -3.19. The van der Waals surface area contributed by atoms with Crippen LogP contribution in [0.25, 0.3) is 33.4 Å². The van der Waals surface area contributed by atoms with Crippen LogP contribution < -0.4 is 5.32 Å². The van der Waals surface area contributed by atoms with Crippen LogP contribution in [-0.2, 0) is 0 Å². The minimum absolute atomic E-state index is 0.0213. The van der Waals surface area contributed by atoms with E-state index < -0.39 is 17.5 Å². The minimum atomic E-state index is -0.821. The number of halogens is 4. The Labute approximate surface area is 182 Å². The van der Waals surface area contributed by atoms with Gasteiger partial charge in [0, 0.05) is 18.4 Å². The van der Waals surface area contributed by atoms with E-state index in [0.29, 0.717) is 16.8 Å². The number of aromatic nitrogens is 3. The van der Waals surface area contributed by atoms with E-state index in [1.165, 1.54) is 48.8 Å². The zero-order chi connectivity index (χ0) is 22.1. The fraction of sp³-hybridized carbons (Fsp3) is 0.174. The van der Waals surface area contributed by atoms with E-state index in [-0.39, 0.29) is 33.5 Å². The van der Waals surface area contributed by atoms with Gasteiger partial charge in [0.05, 0.1) is 16.8 Å². The van der Waals surface area contributed by atoms with Crippen LogP contribution in [0.3, 0.4) is 0 Å². The van der Waals surface area contributed by atoms with Crippen molar-refractivity contribution in [2.24, 2.45) is 0 Å². The van der Waals surface area contributed by atoms with E-state index >= 15 is 8.78 Å². The highest BCUT2D eigenvalue weighted by Gasteiger charge is 2.24. The van der Waals surface area contributed by atoms with Crippen molar-refractivity contribution in [3.63, 3.8) is 0 Å². The number of rotatable bonds is 5. The summed E-state index contributed by atoms with van der Waals surface area (Å²) in [4.78, 5) is 12.7. The summed E-state index contributed by atoms with van der Waals surface area (Å²) in [5.41, 5.74) is 1.52. The Morgan fingerprint density at radius 2 is 1.58 bits per heavy atom. The number of nitrogens with one attached hydrogen (secondary N) is 1. The van der Waals surface area contributed by atoms with E-state index in [9.17, 15) is 4.39 Å². The van der Waals surface area contributed by atoms with Gasteiger partial charge in [0.25, 0.3) is 0 Å². The molecule has 0 fully saturated rings. The second-order valence-electron chi connectivity index (χ2n) is 7.16. The number of pyridine rings is 1. The molecule has 2 heterocycles. The molecule has 8 heteroatoms. The fourth-order valence-corrected chi connectivity index (χ4v) is 3.57. The average Bonchev–Trinajstić information content (AvgIpc) is 2.75. The Morgan fingerprint density at radius 3 is 2.23 bits per heavy atom. The van der Waals surface area contributed by atoms with Gasteiger partial charge < -0.3 is 5.32 Å². The third-order valence-electron chi connectivity index (χ3n) is 5.05. The smallest absolute Gasteiger partial charge is 0.181 e. The molecule has 0 bridgehead atoms. The zero-order valence-corrected chi connectivity index (χ0v) is 17.5. The molecule has 0 radical (unpaired) electrons. The van der Waals surface area contributed by atoms with Crippen molar-refractivity contribution in [1.82, 2.24) is 15.0 Å². The normalized spacial score (nSPS) is 12.2. The molecule has 0 saturated heterocycles. The van der Waals surface area contributed by atoms with Crippen LogP contribution >= 0.6 is 11.6 Å². The molecule has 2 aromatic heterocycles. The number of benzene rings is 2. The van der Waals surface area contributed by atoms with Gasteiger partial charge in [-0.2, -0.15) is 0 Å². The van der Waals surface area contributed by atoms with Crippen molar-refractivity contribution in [3.8, 4) is 22.3 Å². The highest BCUT2D eigenvalue weighted by molar-refractivity contribution is 6.33. The molecule has 4 aromatic rings. The van der Waals surface area contributed by atoms with Crippen LogP contribution in [0.1, 0.15) is 20.3 Å². The molecule has 0 amide bonds. The van der Waals surface area contributed by atoms with Gasteiger partial charge in [-0.05, 0) is 48.7 Å². The van der Waals surface area contributed by atoms with Gasteiger partial charge in [-0.1, -0.05) is 30.7 Å². The van der Waals surface area contributed by atoms with E-state index in [0.717, 1.165) is 6.42 Å². The fourth-order valence-electron chi connectivity index (χ4n) is 3.30. The summed E-state index contributed by atoms with van der Waals surface area (Å²) in [7, 11) is 0. The van der Waals surface area contributed by atoms with Gasteiger partial charge in [0.2, 0.25) is 0 Å². The Kier molecular flexibility index (Phi) is 5.78. The largest absolute Gasteiger partial charge is 0.380 e. The maximum atomic E-state index is 15.3. The highest BCUT2D eigenvalue weighted by atomic mass is 35.5. The molecule has 1 unspecified atom stereocenters. The third kappa shape index (κ3) is 4.05. The summed E-state index contributed by atoms with van der Waals surface area (Å²) in [6.07, 6.45) is 3.71. The number of fused-ring (bicyclic) bond motifs is 1. The molecular weight excluding hydrogens is 425 g/mol. The molecule has 2 aromatic carbocycles. The van der Waals surface area contributed by atoms with Crippen LogP contribution in [0.15, 0.2) is 48.8 Å². The summed E-state index contributed by atoms with van der Waals surface area (Å²) < 4.78 is 43.8. The van der Waals surface area contributed by atoms with Crippen molar-refractivity contribution in [2.75, 3.05) is 5.32 Å². The summed E-state index contributed by atoms with van der Waals surface area (Å²) in [5.74, 6) is -2.07. The monoisotopic (exact) mass is 442 g/mol. The summed E-state index contributed by atoms with van der Waals surface area (Å²) >= 11 is 6.39. The molecule has 0 aliphatic carbocycles. The lowest BCUT2D eigenvalue weighted by molar-refractivity contribution is 0.590. The lowest BCUT2D eigenvalue weighted by Gasteiger charge is -2.20. The zero-order valence-electron chi connectivity index (χ0n) is 16.8. The van der Waals surface area contributed by atoms with Crippen molar-refractivity contribution in [3.05, 3.63) is 71.4 Å². The lowest BCUT2D eigenvalue weighted by Crippen LogP contribution is -2.16. The quantitative estimate of drug-likeness (QED) is 0.352. The van der Waals surface area contributed by atoms with Gasteiger partial charge in [0.15, 0.2) is 5.65 Å². The molecule has 0 spiro atoms. The molecule has 1 atom stereocenters. The van der Waals surface area contributed by atoms with Crippen LogP contribution in [0.5, 0.6) is 0 Å². The van der Waals surface area contributed by atoms with E-state index in [1.54, 1.807) is 0 Å². The summed E-state index contributed by atoms with van der Waals surface area (Å²) in [6.45, 7) is 3.91. The number of hydrogen-bond donors (Lipinski definition) is 1. The molecular formula is C23H18ClF3N4. The Balaban J connectivity index is 1.95. The molecule has 31 heavy (non-hydrogen) atoms. The van der Waals surface area contributed by atoms with Crippen LogP contribution in [0.4, 0.5) is 18.9 Å². The first-order chi connectivity index (χ1) is 14.9. The SMILES string of the molecule is CCC(C)Nc1c(-c2c(F)cc(-c3ccc(F)cc3)cc2F)c(Cl)nc2nccnc12. The van der Waals surface area contributed by atoms with E-state index in [1.807, 2.05) is 13.8 Å².